The van der Waals surface area contributed by atoms with Crippen LogP contribution in [0, 0.1) is 24.1 Å². The molecule has 0 unspecified atom stereocenters. The number of rotatable bonds is 3. The van der Waals surface area contributed by atoms with Gasteiger partial charge in [-0.1, -0.05) is 12.1 Å². The van der Waals surface area contributed by atoms with Crippen LogP contribution in [0.3, 0.4) is 0 Å². The lowest BCUT2D eigenvalue weighted by Crippen LogP contribution is -2.17. The van der Waals surface area contributed by atoms with Gasteiger partial charge >= 0.3 is 0 Å². The lowest BCUT2D eigenvalue weighted by Gasteiger charge is -2.20. The van der Waals surface area contributed by atoms with Crippen LogP contribution < -0.4 is 4.90 Å². The summed E-state index contributed by atoms with van der Waals surface area (Å²) in [6.07, 6.45) is 0. The molecule has 2 nitrogen and oxygen atoms in total. The first kappa shape index (κ1) is 13.1. The molecule has 0 bridgehead atoms. The van der Waals surface area contributed by atoms with E-state index in [1.165, 1.54) is 12.1 Å². The van der Waals surface area contributed by atoms with Crippen molar-refractivity contribution >= 4 is 5.69 Å². The fraction of sp³-hybridized carbons (Fsp3) is 0.188. The highest BCUT2D eigenvalue weighted by Gasteiger charge is 2.06. The van der Waals surface area contributed by atoms with Gasteiger partial charge in [0.1, 0.15) is 5.82 Å². The zero-order valence-electron chi connectivity index (χ0n) is 11.0. The summed E-state index contributed by atoms with van der Waals surface area (Å²) in [7, 11) is 1.92. The van der Waals surface area contributed by atoms with Gasteiger partial charge in [0, 0.05) is 19.3 Å². The van der Waals surface area contributed by atoms with E-state index in [2.05, 4.69) is 6.07 Å². The number of halogens is 1. The van der Waals surface area contributed by atoms with Gasteiger partial charge in [-0.25, -0.2) is 4.39 Å². The van der Waals surface area contributed by atoms with Crippen molar-refractivity contribution in [2.75, 3.05) is 11.9 Å². The maximum atomic E-state index is 13.2. The molecular formula is C16H15FN2. The second kappa shape index (κ2) is 5.53. The van der Waals surface area contributed by atoms with Gasteiger partial charge in [-0.3, -0.25) is 0 Å². The molecule has 2 aromatic rings. The fourth-order valence-electron chi connectivity index (χ4n) is 2.00. The summed E-state index contributed by atoms with van der Waals surface area (Å²) < 4.78 is 13.2. The molecule has 0 heterocycles. The maximum Gasteiger partial charge on any atom is 0.125 e. The molecule has 0 atom stereocenters. The van der Waals surface area contributed by atoms with E-state index in [0.717, 1.165) is 16.8 Å². The molecular weight excluding hydrogens is 239 g/mol. The summed E-state index contributed by atoms with van der Waals surface area (Å²) in [5.74, 6) is -0.235. The number of anilines is 1. The van der Waals surface area contributed by atoms with Crippen LogP contribution in [0.5, 0.6) is 0 Å². The molecule has 0 fully saturated rings. The van der Waals surface area contributed by atoms with Gasteiger partial charge in [0.25, 0.3) is 0 Å². The van der Waals surface area contributed by atoms with Crippen LogP contribution >= 0.6 is 0 Å². The van der Waals surface area contributed by atoms with Crippen molar-refractivity contribution < 1.29 is 4.39 Å². The topological polar surface area (TPSA) is 27.0 Å². The van der Waals surface area contributed by atoms with Gasteiger partial charge in [-0.15, -0.1) is 0 Å². The lowest BCUT2D eigenvalue weighted by atomic mass is 10.1. The Bertz CT molecular complexity index is 629. The normalized spacial score (nSPS) is 10.0. The molecule has 19 heavy (non-hydrogen) atoms. The van der Waals surface area contributed by atoms with Gasteiger partial charge in [-0.05, 0) is 48.4 Å². The molecule has 0 N–H and O–H groups in total. The van der Waals surface area contributed by atoms with E-state index in [1.807, 2.05) is 43.1 Å². The summed E-state index contributed by atoms with van der Waals surface area (Å²) in [5.41, 5.74) is 3.70. The number of benzene rings is 2. The van der Waals surface area contributed by atoms with Gasteiger partial charge in [0.05, 0.1) is 11.6 Å². The van der Waals surface area contributed by atoms with Gasteiger partial charge < -0.3 is 4.90 Å². The summed E-state index contributed by atoms with van der Waals surface area (Å²) in [4.78, 5) is 1.98. The molecule has 3 heteroatoms. The monoisotopic (exact) mass is 254 g/mol. The van der Waals surface area contributed by atoms with E-state index >= 15 is 0 Å². The molecule has 0 radical (unpaired) electrons. The minimum Gasteiger partial charge on any atom is -0.370 e. The Morgan fingerprint density at radius 2 is 2.00 bits per heavy atom. The van der Waals surface area contributed by atoms with Crippen LogP contribution in [-0.2, 0) is 6.54 Å². The smallest absolute Gasteiger partial charge is 0.125 e. The first-order chi connectivity index (χ1) is 9.10. The van der Waals surface area contributed by atoms with E-state index in [1.54, 1.807) is 6.07 Å². The summed E-state index contributed by atoms with van der Waals surface area (Å²) in [6.45, 7) is 2.66. The van der Waals surface area contributed by atoms with Crippen LogP contribution in [-0.4, -0.2) is 7.05 Å². The molecule has 0 aliphatic carbocycles. The predicted octanol–water partition coefficient (Wildman–Crippen LogP) is 3.64. The Morgan fingerprint density at radius 3 is 2.63 bits per heavy atom. The Labute approximate surface area is 112 Å². The van der Waals surface area contributed by atoms with Crippen LogP contribution in [0.2, 0.25) is 0 Å². The quantitative estimate of drug-likeness (QED) is 0.836. The summed E-state index contributed by atoms with van der Waals surface area (Å²) >= 11 is 0. The Kier molecular flexibility index (Phi) is 3.82. The zero-order valence-corrected chi connectivity index (χ0v) is 11.0. The minimum atomic E-state index is -0.235. The summed E-state index contributed by atoms with van der Waals surface area (Å²) in [6, 6.07) is 14.3. The third-order valence-electron chi connectivity index (χ3n) is 3.13. The highest BCUT2D eigenvalue weighted by atomic mass is 19.1. The second-order valence-corrected chi connectivity index (χ2v) is 4.59. The second-order valence-electron chi connectivity index (χ2n) is 4.59. The first-order valence-electron chi connectivity index (χ1n) is 6.06. The lowest BCUT2D eigenvalue weighted by molar-refractivity contribution is 0.627. The average molecular weight is 254 g/mol. The van der Waals surface area contributed by atoms with Crippen LogP contribution in [0.25, 0.3) is 0 Å². The van der Waals surface area contributed by atoms with Crippen molar-refractivity contribution in [1.29, 1.82) is 5.26 Å². The van der Waals surface area contributed by atoms with Gasteiger partial charge in [0.15, 0.2) is 0 Å². The van der Waals surface area contributed by atoms with Gasteiger partial charge in [-0.2, -0.15) is 5.26 Å². The highest BCUT2D eigenvalue weighted by Crippen LogP contribution is 2.19. The van der Waals surface area contributed by atoms with Crippen molar-refractivity contribution in [3.63, 3.8) is 0 Å². The Balaban J connectivity index is 2.20. The highest BCUT2D eigenvalue weighted by molar-refractivity contribution is 5.47. The molecule has 0 spiro atoms. The number of aryl methyl sites for hydroxylation is 1. The molecule has 0 saturated heterocycles. The molecule has 0 aromatic heterocycles. The van der Waals surface area contributed by atoms with E-state index in [4.69, 9.17) is 5.26 Å². The third kappa shape index (κ3) is 3.11. The molecule has 2 rings (SSSR count). The van der Waals surface area contributed by atoms with Crippen LogP contribution in [0.1, 0.15) is 16.7 Å². The zero-order chi connectivity index (χ0) is 13.8. The third-order valence-corrected chi connectivity index (χ3v) is 3.13. The average Bonchev–Trinajstić information content (AvgIpc) is 2.41. The van der Waals surface area contributed by atoms with Crippen molar-refractivity contribution in [3.05, 3.63) is 65.0 Å². The first-order valence-corrected chi connectivity index (χ1v) is 6.06. The van der Waals surface area contributed by atoms with Crippen molar-refractivity contribution in [2.24, 2.45) is 0 Å². The molecule has 2 aromatic carbocycles. The van der Waals surface area contributed by atoms with Gasteiger partial charge in [0.2, 0.25) is 0 Å². The summed E-state index contributed by atoms with van der Waals surface area (Å²) in [5, 5.41) is 8.84. The SMILES string of the molecule is Cc1cc(C#N)ccc1CN(C)c1cccc(F)c1. The van der Waals surface area contributed by atoms with Crippen LogP contribution in [0.15, 0.2) is 42.5 Å². The van der Waals surface area contributed by atoms with Crippen molar-refractivity contribution in [1.82, 2.24) is 0 Å². The molecule has 0 aliphatic rings. The maximum absolute atomic E-state index is 13.2. The van der Waals surface area contributed by atoms with Crippen molar-refractivity contribution in [2.45, 2.75) is 13.5 Å². The number of hydrogen-bond donors (Lipinski definition) is 0. The molecule has 96 valence electrons. The predicted molar refractivity (Wildman–Crippen MR) is 74.4 cm³/mol. The Morgan fingerprint density at radius 1 is 1.21 bits per heavy atom. The van der Waals surface area contributed by atoms with E-state index < -0.39 is 0 Å². The molecule has 0 aliphatic heterocycles. The number of nitriles is 1. The van der Waals surface area contributed by atoms with E-state index in [0.29, 0.717) is 12.1 Å². The number of hydrogen-bond acceptors (Lipinski definition) is 2. The van der Waals surface area contributed by atoms with Crippen LogP contribution in [0.4, 0.5) is 10.1 Å². The fourth-order valence-corrected chi connectivity index (χ4v) is 2.00. The van der Waals surface area contributed by atoms with E-state index in [9.17, 15) is 4.39 Å². The largest absolute Gasteiger partial charge is 0.370 e. The standard InChI is InChI=1S/C16H15FN2/c1-12-8-13(10-18)6-7-14(12)11-19(2)16-5-3-4-15(17)9-16/h3-9H,11H2,1-2H3. The molecule has 0 saturated carbocycles. The Hall–Kier alpha value is -2.34. The van der Waals surface area contributed by atoms with E-state index in [-0.39, 0.29) is 5.82 Å². The minimum absolute atomic E-state index is 0.235. The van der Waals surface area contributed by atoms with Crippen molar-refractivity contribution in [3.8, 4) is 6.07 Å². The molecule has 0 amide bonds. The number of nitrogens with zero attached hydrogens (tertiary/aromatic N) is 2.